The lowest BCUT2D eigenvalue weighted by molar-refractivity contribution is 0.149. The van der Waals surface area contributed by atoms with Crippen LogP contribution in [-0.4, -0.2) is 51.8 Å². The summed E-state index contributed by atoms with van der Waals surface area (Å²) in [5.41, 5.74) is 0.656. The summed E-state index contributed by atoms with van der Waals surface area (Å²) < 4.78 is 36.8. The highest BCUT2D eigenvalue weighted by Gasteiger charge is 2.19. The fourth-order valence-corrected chi connectivity index (χ4v) is 2.57. The van der Waals surface area contributed by atoms with E-state index >= 15 is 0 Å². The summed E-state index contributed by atoms with van der Waals surface area (Å²) in [6.07, 6.45) is -1.93. The minimum absolute atomic E-state index is 0.0304. The zero-order valence-corrected chi connectivity index (χ0v) is 12.5. The molecule has 6 heteroatoms. The first-order valence-electron chi connectivity index (χ1n) is 7.11. The Morgan fingerprint density at radius 2 is 1.76 bits per heavy atom. The number of alkyl halides is 2. The predicted molar refractivity (Wildman–Crippen MR) is 77.5 cm³/mol. The predicted octanol–water partition coefficient (Wildman–Crippen LogP) is 2.09. The molecule has 2 rings (SSSR count). The van der Waals surface area contributed by atoms with Crippen molar-refractivity contribution in [2.45, 2.75) is 12.8 Å². The molecule has 1 saturated heterocycles. The number of hydrogen-bond donors (Lipinski definition) is 1. The molecule has 4 nitrogen and oxygen atoms in total. The van der Waals surface area contributed by atoms with E-state index in [0.717, 1.165) is 32.7 Å². The van der Waals surface area contributed by atoms with E-state index in [9.17, 15) is 8.78 Å². The third-order valence-electron chi connectivity index (χ3n) is 3.79. The average molecular weight is 300 g/mol. The van der Waals surface area contributed by atoms with Gasteiger partial charge in [0.1, 0.15) is 0 Å². The Bertz CT molecular complexity index is 463. The van der Waals surface area contributed by atoms with Gasteiger partial charge < -0.3 is 19.7 Å². The van der Waals surface area contributed by atoms with Crippen LogP contribution in [-0.2, 0) is 6.42 Å². The molecule has 118 valence electrons. The topological polar surface area (TPSA) is 33.7 Å². The molecule has 1 aromatic carbocycles. The smallest absolute Gasteiger partial charge is 0.264 e. The highest BCUT2D eigenvalue weighted by atomic mass is 19.3. The summed E-state index contributed by atoms with van der Waals surface area (Å²) in [4.78, 5) is 2.28. The summed E-state index contributed by atoms with van der Waals surface area (Å²) in [5, 5.41) is 3.28. The van der Waals surface area contributed by atoms with Gasteiger partial charge in [-0.2, -0.15) is 0 Å². The number of halogens is 2. The fourth-order valence-electron chi connectivity index (χ4n) is 2.57. The van der Waals surface area contributed by atoms with Gasteiger partial charge in [0.15, 0.2) is 11.5 Å². The molecular weight excluding hydrogens is 278 g/mol. The Morgan fingerprint density at radius 3 is 2.33 bits per heavy atom. The normalized spacial score (nSPS) is 16.2. The van der Waals surface area contributed by atoms with Crippen molar-refractivity contribution in [3.63, 3.8) is 0 Å². The SMILES string of the molecule is COc1cc(CCN2CCNCC2)c(C(F)F)cc1OC. The lowest BCUT2D eigenvalue weighted by Gasteiger charge is -2.27. The Hall–Kier alpha value is -1.40. The van der Waals surface area contributed by atoms with Crippen molar-refractivity contribution in [3.05, 3.63) is 23.3 Å². The third kappa shape index (κ3) is 4.04. The number of hydrogen-bond acceptors (Lipinski definition) is 4. The van der Waals surface area contributed by atoms with Crippen molar-refractivity contribution in [3.8, 4) is 11.5 Å². The number of rotatable bonds is 6. The number of methoxy groups -OCH3 is 2. The second kappa shape index (κ2) is 7.56. The molecule has 1 fully saturated rings. The molecule has 1 N–H and O–H groups in total. The van der Waals surface area contributed by atoms with Gasteiger partial charge >= 0.3 is 0 Å². The van der Waals surface area contributed by atoms with E-state index in [1.807, 2.05) is 0 Å². The van der Waals surface area contributed by atoms with Gasteiger partial charge in [0.2, 0.25) is 0 Å². The minimum atomic E-state index is -2.51. The van der Waals surface area contributed by atoms with Crippen LogP contribution < -0.4 is 14.8 Å². The van der Waals surface area contributed by atoms with Crippen LogP contribution in [0.25, 0.3) is 0 Å². The molecule has 0 saturated carbocycles. The van der Waals surface area contributed by atoms with E-state index in [1.165, 1.54) is 20.3 Å². The second-order valence-corrected chi connectivity index (χ2v) is 5.05. The van der Waals surface area contributed by atoms with E-state index in [4.69, 9.17) is 9.47 Å². The van der Waals surface area contributed by atoms with Gasteiger partial charge in [0, 0.05) is 38.3 Å². The first kappa shape index (κ1) is 16.0. The highest BCUT2D eigenvalue weighted by molar-refractivity contribution is 5.48. The van der Waals surface area contributed by atoms with Gasteiger partial charge in [-0.05, 0) is 24.1 Å². The number of ether oxygens (including phenoxy) is 2. The first-order chi connectivity index (χ1) is 10.2. The van der Waals surface area contributed by atoms with Crippen LogP contribution in [0.4, 0.5) is 8.78 Å². The Kier molecular flexibility index (Phi) is 5.76. The molecule has 1 heterocycles. The molecule has 0 spiro atoms. The van der Waals surface area contributed by atoms with E-state index < -0.39 is 6.43 Å². The van der Waals surface area contributed by atoms with E-state index in [0.29, 0.717) is 23.5 Å². The minimum Gasteiger partial charge on any atom is -0.493 e. The van der Waals surface area contributed by atoms with Gasteiger partial charge in [0.25, 0.3) is 6.43 Å². The highest BCUT2D eigenvalue weighted by Crippen LogP contribution is 2.35. The van der Waals surface area contributed by atoms with Crippen molar-refractivity contribution in [2.75, 3.05) is 46.9 Å². The maximum Gasteiger partial charge on any atom is 0.264 e. The number of piperazine rings is 1. The van der Waals surface area contributed by atoms with Crippen LogP contribution in [0.1, 0.15) is 17.6 Å². The second-order valence-electron chi connectivity index (χ2n) is 5.05. The Balaban J connectivity index is 2.15. The molecular formula is C15H22F2N2O2. The molecule has 0 amide bonds. The van der Waals surface area contributed by atoms with Crippen molar-refractivity contribution in [1.82, 2.24) is 10.2 Å². The molecule has 1 aromatic rings. The molecule has 1 aliphatic rings. The zero-order chi connectivity index (χ0) is 15.2. The fraction of sp³-hybridized carbons (Fsp3) is 0.600. The largest absolute Gasteiger partial charge is 0.493 e. The molecule has 0 bridgehead atoms. The van der Waals surface area contributed by atoms with Gasteiger partial charge in [0.05, 0.1) is 14.2 Å². The Labute approximate surface area is 124 Å². The van der Waals surface area contributed by atoms with Crippen molar-refractivity contribution in [1.29, 1.82) is 0 Å². The van der Waals surface area contributed by atoms with Gasteiger partial charge in [-0.15, -0.1) is 0 Å². The van der Waals surface area contributed by atoms with Crippen molar-refractivity contribution in [2.24, 2.45) is 0 Å². The molecule has 21 heavy (non-hydrogen) atoms. The van der Waals surface area contributed by atoms with Crippen LogP contribution in [0.3, 0.4) is 0 Å². The third-order valence-corrected chi connectivity index (χ3v) is 3.79. The van der Waals surface area contributed by atoms with E-state index in [-0.39, 0.29) is 5.56 Å². The standard InChI is InChI=1S/C15H22F2N2O2/c1-20-13-9-11(3-6-19-7-4-18-5-8-19)12(15(16)17)10-14(13)21-2/h9-10,15,18H,3-8H2,1-2H3. The molecule has 0 aliphatic carbocycles. The van der Waals surface area contributed by atoms with Crippen LogP contribution in [0.5, 0.6) is 11.5 Å². The quantitative estimate of drug-likeness (QED) is 0.872. The Morgan fingerprint density at radius 1 is 1.14 bits per heavy atom. The van der Waals surface area contributed by atoms with Crippen molar-refractivity contribution < 1.29 is 18.3 Å². The number of benzene rings is 1. The van der Waals surface area contributed by atoms with Crippen LogP contribution in [0, 0.1) is 0 Å². The van der Waals surface area contributed by atoms with Crippen LogP contribution in [0.2, 0.25) is 0 Å². The van der Waals surface area contributed by atoms with Crippen LogP contribution in [0.15, 0.2) is 12.1 Å². The molecule has 0 atom stereocenters. The van der Waals surface area contributed by atoms with E-state index in [2.05, 4.69) is 10.2 Å². The summed E-state index contributed by atoms with van der Waals surface area (Å²) in [6, 6.07) is 3.05. The van der Waals surface area contributed by atoms with Crippen LogP contribution >= 0.6 is 0 Å². The lowest BCUT2D eigenvalue weighted by atomic mass is 10.0. The summed E-state index contributed by atoms with van der Waals surface area (Å²) in [6.45, 7) is 4.59. The molecule has 1 aliphatic heterocycles. The van der Waals surface area contributed by atoms with Crippen molar-refractivity contribution >= 4 is 0 Å². The lowest BCUT2D eigenvalue weighted by Crippen LogP contribution is -2.44. The monoisotopic (exact) mass is 300 g/mol. The average Bonchev–Trinajstić information content (AvgIpc) is 2.52. The van der Waals surface area contributed by atoms with E-state index in [1.54, 1.807) is 6.07 Å². The maximum absolute atomic E-state index is 13.2. The van der Waals surface area contributed by atoms with Gasteiger partial charge in [-0.25, -0.2) is 8.78 Å². The molecule has 0 aromatic heterocycles. The zero-order valence-electron chi connectivity index (χ0n) is 12.5. The first-order valence-corrected chi connectivity index (χ1v) is 7.11. The van der Waals surface area contributed by atoms with Gasteiger partial charge in [-0.1, -0.05) is 0 Å². The summed E-state index contributed by atoms with van der Waals surface area (Å²) in [5.74, 6) is 0.843. The number of nitrogens with one attached hydrogen (secondary N) is 1. The molecule has 0 radical (unpaired) electrons. The number of nitrogens with zero attached hydrogens (tertiary/aromatic N) is 1. The summed E-state index contributed by atoms with van der Waals surface area (Å²) in [7, 11) is 2.97. The maximum atomic E-state index is 13.2. The summed E-state index contributed by atoms with van der Waals surface area (Å²) >= 11 is 0. The van der Waals surface area contributed by atoms with Gasteiger partial charge in [-0.3, -0.25) is 0 Å². The molecule has 0 unspecified atom stereocenters.